The van der Waals surface area contributed by atoms with Gasteiger partial charge < -0.3 is 20.1 Å². The molecule has 3 rings (SSSR count). The van der Waals surface area contributed by atoms with Crippen LogP contribution in [0.15, 0.2) is 77.7 Å². The molecule has 0 unspecified atom stereocenters. The molecule has 0 fully saturated rings. The van der Waals surface area contributed by atoms with E-state index in [1.807, 2.05) is 55.5 Å². The largest absolute Gasteiger partial charge is 0.497 e. The van der Waals surface area contributed by atoms with Crippen LogP contribution in [0, 0.1) is 0 Å². The molecule has 0 heterocycles. The number of nitrogens with one attached hydrogen (secondary N) is 2. The number of amides is 2. The summed E-state index contributed by atoms with van der Waals surface area (Å²) in [6, 6.07) is 21.6. The molecule has 2 N–H and O–H groups in total. The van der Waals surface area contributed by atoms with Crippen LogP contribution in [0.4, 0.5) is 11.4 Å². The van der Waals surface area contributed by atoms with Gasteiger partial charge in [-0.15, -0.1) is 11.8 Å². The normalized spacial score (nSPS) is 10.3. The summed E-state index contributed by atoms with van der Waals surface area (Å²) < 4.78 is 10.6. The Hall–Kier alpha value is -3.45. The third kappa shape index (κ3) is 6.52. The first kappa shape index (κ1) is 22.2. The molecule has 160 valence electrons. The van der Waals surface area contributed by atoms with Gasteiger partial charge in [0.1, 0.15) is 11.5 Å². The number of rotatable bonds is 9. The van der Waals surface area contributed by atoms with Crippen LogP contribution < -0.4 is 20.1 Å². The molecule has 6 nitrogen and oxygen atoms in total. The minimum absolute atomic E-state index is 0.134. The van der Waals surface area contributed by atoms with Crippen LogP contribution in [0.5, 0.6) is 11.5 Å². The lowest BCUT2D eigenvalue weighted by Crippen LogP contribution is -2.15. The molecule has 0 aliphatic heterocycles. The van der Waals surface area contributed by atoms with Crippen LogP contribution in [-0.4, -0.2) is 31.3 Å². The van der Waals surface area contributed by atoms with Gasteiger partial charge in [0.05, 0.1) is 25.2 Å². The number of benzene rings is 3. The zero-order chi connectivity index (χ0) is 22.1. The van der Waals surface area contributed by atoms with Gasteiger partial charge in [-0.3, -0.25) is 9.59 Å². The molecule has 0 bridgehead atoms. The third-order valence-corrected chi connectivity index (χ3v) is 5.27. The van der Waals surface area contributed by atoms with Gasteiger partial charge in [-0.05, 0) is 61.5 Å². The Morgan fingerprint density at radius 3 is 2.45 bits per heavy atom. The molecule has 0 aliphatic rings. The van der Waals surface area contributed by atoms with Crippen LogP contribution >= 0.6 is 11.8 Å². The molecule has 0 saturated carbocycles. The number of methoxy groups -OCH3 is 1. The van der Waals surface area contributed by atoms with Gasteiger partial charge in [-0.25, -0.2) is 0 Å². The van der Waals surface area contributed by atoms with Crippen molar-refractivity contribution in [3.05, 3.63) is 78.4 Å². The number of hydrogen-bond acceptors (Lipinski definition) is 5. The highest BCUT2D eigenvalue weighted by molar-refractivity contribution is 8.00. The molecule has 0 spiro atoms. The second-order valence-corrected chi connectivity index (χ2v) is 7.53. The maximum absolute atomic E-state index is 12.4. The van der Waals surface area contributed by atoms with Gasteiger partial charge in [0.2, 0.25) is 5.91 Å². The Morgan fingerprint density at radius 2 is 1.71 bits per heavy atom. The predicted molar refractivity (Wildman–Crippen MR) is 124 cm³/mol. The Morgan fingerprint density at radius 1 is 0.935 bits per heavy atom. The number of carbonyl (C=O) groups excluding carboxylic acids is 2. The van der Waals surface area contributed by atoms with Crippen molar-refractivity contribution in [2.24, 2.45) is 0 Å². The van der Waals surface area contributed by atoms with Crippen molar-refractivity contribution in [3.63, 3.8) is 0 Å². The lowest BCUT2D eigenvalue weighted by Gasteiger charge is -2.11. The average molecular weight is 437 g/mol. The number of hydrogen-bond donors (Lipinski definition) is 2. The SMILES string of the molecule is CCOc1ccccc1NC(=O)CSc1cccc(NC(=O)c2ccc(OC)cc2)c1. The molecule has 3 aromatic carbocycles. The summed E-state index contributed by atoms with van der Waals surface area (Å²) >= 11 is 1.39. The topological polar surface area (TPSA) is 76.7 Å². The molecular formula is C24H24N2O4S. The monoisotopic (exact) mass is 436 g/mol. The van der Waals surface area contributed by atoms with E-state index in [0.717, 1.165) is 4.90 Å². The Bertz CT molecular complexity index is 1040. The van der Waals surface area contributed by atoms with Crippen molar-refractivity contribution < 1.29 is 19.1 Å². The molecule has 0 saturated heterocycles. The van der Waals surface area contributed by atoms with E-state index in [-0.39, 0.29) is 17.6 Å². The summed E-state index contributed by atoms with van der Waals surface area (Å²) in [7, 11) is 1.58. The quantitative estimate of drug-likeness (QED) is 0.458. The summed E-state index contributed by atoms with van der Waals surface area (Å²) in [5.41, 5.74) is 1.84. The van der Waals surface area contributed by atoms with E-state index in [0.29, 0.717) is 35.0 Å². The van der Waals surface area contributed by atoms with Gasteiger partial charge in [-0.1, -0.05) is 18.2 Å². The molecule has 3 aromatic rings. The van der Waals surface area contributed by atoms with E-state index in [2.05, 4.69) is 10.6 Å². The third-order valence-electron chi connectivity index (χ3n) is 4.28. The van der Waals surface area contributed by atoms with Gasteiger partial charge in [0, 0.05) is 16.1 Å². The van der Waals surface area contributed by atoms with Crippen LogP contribution in [-0.2, 0) is 4.79 Å². The zero-order valence-corrected chi connectivity index (χ0v) is 18.2. The van der Waals surface area contributed by atoms with Crippen LogP contribution in [0.25, 0.3) is 0 Å². The Balaban J connectivity index is 1.56. The van der Waals surface area contributed by atoms with E-state index < -0.39 is 0 Å². The first-order valence-corrected chi connectivity index (χ1v) is 10.8. The van der Waals surface area contributed by atoms with E-state index >= 15 is 0 Å². The van der Waals surface area contributed by atoms with E-state index in [1.165, 1.54) is 11.8 Å². The van der Waals surface area contributed by atoms with Crippen molar-refractivity contribution in [2.45, 2.75) is 11.8 Å². The fourth-order valence-electron chi connectivity index (χ4n) is 2.80. The molecule has 0 atom stereocenters. The number of anilines is 2. The minimum Gasteiger partial charge on any atom is -0.497 e. The lowest BCUT2D eigenvalue weighted by atomic mass is 10.2. The minimum atomic E-state index is -0.213. The van der Waals surface area contributed by atoms with Crippen molar-refractivity contribution in [1.82, 2.24) is 0 Å². The second kappa shape index (κ2) is 11.1. The standard InChI is InChI=1S/C24H24N2O4S/c1-3-30-22-10-5-4-9-21(22)26-23(27)16-31-20-8-6-7-18(15-20)25-24(28)17-11-13-19(29-2)14-12-17/h4-15H,3,16H2,1-2H3,(H,25,28)(H,26,27). The van der Waals surface area contributed by atoms with Crippen molar-refractivity contribution in [3.8, 4) is 11.5 Å². The summed E-state index contributed by atoms with van der Waals surface area (Å²) in [5.74, 6) is 1.22. The first-order valence-electron chi connectivity index (χ1n) is 9.79. The fourth-order valence-corrected chi connectivity index (χ4v) is 3.55. The molecular weight excluding hydrogens is 412 g/mol. The average Bonchev–Trinajstić information content (AvgIpc) is 2.79. The summed E-state index contributed by atoms with van der Waals surface area (Å²) in [6.45, 7) is 2.42. The molecule has 0 aliphatic carbocycles. The summed E-state index contributed by atoms with van der Waals surface area (Å²) in [4.78, 5) is 25.7. The van der Waals surface area contributed by atoms with Crippen LogP contribution in [0.1, 0.15) is 17.3 Å². The summed E-state index contributed by atoms with van der Waals surface area (Å²) in [5, 5.41) is 5.75. The molecule has 0 aromatic heterocycles. The van der Waals surface area contributed by atoms with Gasteiger partial charge >= 0.3 is 0 Å². The highest BCUT2D eigenvalue weighted by Crippen LogP contribution is 2.26. The predicted octanol–water partition coefficient (Wildman–Crippen LogP) is 5.08. The van der Waals surface area contributed by atoms with E-state index in [1.54, 1.807) is 31.4 Å². The number of para-hydroxylation sites is 2. The highest BCUT2D eigenvalue weighted by atomic mass is 32.2. The first-order chi connectivity index (χ1) is 15.1. The molecule has 31 heavy (non-hydrogen) atoms. The molecule has 2 amide bonds. The fraction of sp³-hybridized carbons (Fsp3) is 0.167. The smallest absolute Gasteiger partial charge is 0.255 e. The Labute approximate surface area is 186 Å². The van der Waals surface area contributed by atoms with Crippen LogP contribution in [0.2, 0.25) is 0 Å². The zero-order valence-electron chi connectivity index (χ0n) is 17.4. The molecule has 7 heteroatoms. The van der Waals surface area contributed by atoms with Gasteiger partial charge in [-0.2, -0.15) is 0 Å². The lowest BCUT2D eigenvalue weighted by molar-refractivity contribution is -0.113. The number of carbonyl (C=O) groups is 2. The van der Waals surface area contributed by atoms with Gasteiger partial charge in [0.25, 0.3) is 5.91 Å². The van der Waals surface area contributed by atoms with E-state index in [4.69, 9.17) is 9.47 Å². The summed E-state index contributed by atoms with van der Waals surface area (Å²) in [6.07, 6.45) is 0. The second-order valence-electron chi connectivity index (χ2n) is 6.48. The van der Waals surface area contributed by atoms with Crippen molar-refractivity contribution in [2.75, 3.05) is 30.1 Å². The highest BCUT2D eigenvalue weighted by Gasteiger charge is 2.10. The van der Waals surface area contributed by atoms with E-state index in [9.17, 15) is 9.59 Å². The van der Waals surface area contributed by atoms with Crippen molar-refractivity contribution in [1.29, 1.82) is 0 Å². The Kier molecular flexibility index (Phi) is 7.95. The maximum atomic E-state index is 12.4. The maximum Gasteiger partial charge on any atom is 0.255 e. The van der Waals surface area contributed by atoms with Crippen LogP contribution in [0.3, 0.4) is 0 Å². The number of thioether (sulfide) groups is 1. The van der Waals surface area contributed by atoms with Crippen molar-refractivity contribution >= 4 is 35.0 Å². The molecule has 0 radical (unpaired) electrons. The number of ether oxygens (including phenoxy) is 2. The van der Waals surface area contributed by atoms with Gasteiger partial charge in [0.15, 0.2) is 0 Å².